The maximum atomic E-state index is 12.9. The summed E-state index contributed by atoms with van der Waals surface area (Å²) in [6, 6.07) is 2.34. The Balaban J connectivity index is 2.46. The van der Waals surface area contributed by atoms with E-state index in [1.807, 2.05) is 0 Å². The second kappa shape index (κ2) is 10.0. The molecule has 0 bridgehead atoms. The molecule has 1 aromatic heterocycles. The van der Waals surface area contributed by atoms with E-state index in [0.29, 0.717) is 5.56 Å². The zero-order valence-corrected chi connectivity index (χ0v) is 18.0. The highest BCUT2D eigenvalue weighted by Gasteiger charge is 2.27. The Labute approximate surface area is 176 Å². The average Bonchev–Trinajstić information content (AvgIpc) is 3.00. The van der Waals surface area contributed by atoms with Crippen molar-refractivity contribution in [2.45, 2.75) is 13.8 Å². The zero-order valence-electron chi connectivity index (χ0n) is 17.2. The van der Waals surface area contributed by atoms with E-state index in [0.717, 1.165) is 10.9 Å². The topological polar surface area (TPSA) is 126 Å². The number of ether oxygens (including phenoxy) is 4. The predicted molar refractivity (Wildman–Crippen MR) is 110 cm³/mol. The smallest absolute Gasteiger partial charge is 0.341 e. The van der Waals surface area contributed by atoms with Gasteiger partial charge < -0.3 is 24.3 Å². The largest absolute Gasteiger partial charge is 0.493 e. The molecular weight excluding hydrogens is 416 g/mol. The van der Waals surface area contributed by atoms with Crippen molar-refractivity contribution in [3.8, 4) is 11.5 Å². The third kappa shape index (κ3) is 4.86. The summed E-state index contributed by atoms with van der Waals surface area (Å²) in [4.78, 5) is 36.7. The van der Waals surface area contributed by atoms with Gasteiger partial charge in [-0.2, -0.15) is 0 Å². The van der Waals surface area contributed by atoms with Gasteiger partial charge in [-0.1, -0.05) is 0 Å². The zero-order chi connectivity index (χ0) is 22.4. The molecule has 11 heteroatoms. The maximum absolute atomic E-state index is 12.9. The molecule has 10 nitrogen and oxygen atoms in total. The number of anilines is 1. The van der Waals surface area contributed by atoms with Gasteiger partial charge in [-0.3, -0.25) is 14.9 Å². The predicted octanol–water partition coefficient (Wildman–Crippen LogP) is 3.35. The van der Waals surface area contributed by atoms with E-state index in [4.69, 9.17) is 18.9 Å². The van der Waals surface area contributed by atoms with Crippen LogP contribution < -0.4 is 14.8 Å². The van der Waals surface area contributed by atoms with Gasteiger partial charge in [0.2, 0.25) is 0 Å². The van der Waals surface area contributed by atoms with E-state index in [1.54, 1.807) is 13.8 Å². The Hall–Kier alpha value is -3.18. The first-order valence-electron chi connectivity index (χ1n) is 8.72. The third-order valence-corrected chi connectivity index (χ3v) is 5.39. The minimum Gasteiger partial charge on any atom is -0.493 e. The van der Waals surface area contributed by atoms with Crippen LogP contribution >= 0.6 is 11.3 Å². The summed E-state index contributed by atoms with van der Waals surface area (Å²) in [5.41, 5.74) is 0.166. The van der Waals surface area contributed by atoms with Gasteiger partial charge in [0, 0.05) is 18.1 Å². The number of carbonyl (C=O) groups is 2. The van der Waals surface area contributed by atoms with Gasteiger partial charge in [0.25, 0.3) is 11.6 Å². The number of esters is 1. The number of amides is 1. The summed E-state index contributed by atoms with van der Waals surface area (Å²) in [5.74, 6) is -1.12. The van der Waals surface area contributed by atoms with Crippen molar-refractivity contribution in [1.29, 1.82) is 0 Å². The molecule has 0 atom stereocenters. The molecule has 0 unspecified atom stereocenters. The summed E-state index contributed by atoms with van der Waals surface area (Å²) in [5, 5.41) is 14.4. The quantitative estimate of drug-likeness (QED) is 0.273. The summed E-state index contributed by atoms with van der Waals surface area (Å²) >= 11 is 1.18. The molecule has 1 N–H and O–H groups in total. The molecule has 0 aliphatic rings. The van der Waals surface area contributed by atoms with Crippen LogP contribution in [0.2, 0.25) is 0 Å². The summed E-state index contributed by atoms with van der Waals surface area (Å²) < 4.78 is 20.3. The van der Waals surface area contributed by atoms with Crippen LogP contribution in [0.4, 0.5) is 10.7 Å². The number of hydrogen-bond acceptors (Lipinski definition) is 9. The number of thiophene rings is 1. The van der Waals surface area contributed by atoms with Gasteiger partial charge >= 0.3 is 5.97 Å². The number of nitrogens with zero attached hydrogens (tertiary/aromatic N) is 1. The molecule has 1 aromatic carbocycles. The minimum atomic E-state index is -0.769. The molecule has 2 aromatic rings. The van der Waals surface area contributed by atoms with Crippen molar-refractivity contribution >= 4 is 33.9 Å². The highest BCUT2D eigenvalue weighted by molar-refractivity contribution is 7.16. The van der Waals surface area contributed by atoms with Gasteiger partial charge in [0.05, 0.1) is 37.4 Å². The summed E-state index contributed by atoms with van der Waals surface area (Å²) in [6.07, 6.45) is 0. The van der Waals surface area contributed by atoms with Crippen LogP contribution in [-0.4, -0.2) is 51.3 Å². The van der Waals surface area contributed by atoms with Crippen LogP contribution in [0.3, 0.4) is 0 Å². The number of methoxy groups -OCH3 is 3. The highest BCUT2D eigenvalue weighted by atomic mass is 32.1. The fraction of sp³-hybridized carbons (Fsp3) is 0.368. The van der Waals surface area contributed by atoms with Gasteiger partial charge in [-0.05, 0) is 19.4 Å². The number of nitrogens with one attached hydrogen (secondary N) is 1. The number of rotatable bonds is 9. The Morgan fingerprint density at radius 1 is 1.13 bits per heavy atom. The lowest BCUT2D eigenvalue weighted by Crippen LogP contribution is -2.16. The Morgan fingerprint density at radius 2 is 1.83 bits per heavy atom. The highest BCUT2D eigenvalue weighted by Crippen LogP contribution is 2.37. The summed E-state index contributed by atoms with van der Waals surface area (Å²) in [6.45, 7) is 3.93. The number of nitro benzene ring substituents is 1. The van der Waals surface area contributed by atoms with Gasteiger partial charge in [0.1, 0.15) is 17.2 Å². The first kappa shape index (κ1) is 23.1. The molecule has 0 spiro atoms. The number of nitro groups is 1. The van der Waals surface area contributed by atoms with Crippen molar-refractivity contribution < 1.29 is 33.5 Å². The molecule has 1 heterocycles. The number of aryl methyl sites for hydroxylation is 1. The van der Waals surface area contributed by atoms with Crippen LogP contribution in [0.25, 0.3) is 0 Å². The van der Waals surface area contributed by atoms with Gasteiger partial charge in [-0.15, -0.1) is 11.3 Å². The first-order valence-corrected chi connectivity index (χ1v) is 9.54. The first-order chi connectivity index (χ1) is 14.2. The molecule has 30 heavy (non-hydrogen) atoms. The van der Waals surface area contributed by atoms with E-state index in [1.165, 1.54) is 38.7 Å². The SMILES string of the molecule is COCCOc1cc([N+](=O)[O-])c(C(=O)Nc2sc(C)c(C)c2C(=O)OC)cc1OC. The minimum absolute atomic E-state index is 0.107. The van der Waals surface area contributed by atoms with Crippen LogP contribution in [0.1, 0.15) is 31.2 Å². The molecule has 2 rings (SSSR count). The molecule has 0 aliphatic carbocycles. The number of hydrogen-bond donors (Lipinski definition) is 1. The van der Waals surface area contributed by atoms with Crippen LogP contribution in [0, 0.1) is 24.0 Å². The van der Waals surface area contributed by atoms with Crippen molar-refractivity contribution in [2.75, 3.05) is 39.9 Å². The third-order valence-electron chi connectivity index (χ3n) is 4.27. The fourth-order valence-electron chi connectivity index (χ4n) is 2.62. The molecule has 0 saturated carbocycles. The average molecular weight is 438 g/mol. The van der Waals surface area contributed by atoms with Gasteiger partial charge in [0.15, 0.2) is 11.5 Å². The normalized spacial score (nSPS) is 10.4. The Kier molecular flexibility index (Phi) is 7.72. The van der Waals surface area contributed by atoms with E-state index in [-0.39, 0.29) is 40.8 Å². The maximum Gasteiger partial charge on any atom is 0.341 e. The summed E-state index contributed by atoms with van der Waals surface area (Å²) in [7, 11) is 4.08. The molecule has 0 saturated heterocycles. The number of benzene rings is 1. The monoisotopic (exact) mass is 438 g/mol. The molecule has 0 aliphatic heterocycles. The lowest BCUT2D eigenvalue weighted by molar-refractivity contribution is -0.385. The fourth-order valence-corrected chi connectivity index (χ4v) is 3.67. The lowest BCUT2D eigenvalue weighted by atomic mass is 10.1. The van der Waals surface area contributed by atoms with Crippen molar-refractivity contribution in [2.24, 2.45) is 0 Å². The molecule has 0 fully saturated rings. The van der Waals surface area contributed by atoms with Gasteiger partial charge in [-0.25, -0.2) is 4.79 Å². The van der Waals surface area contributed by atoms with E-state index in [9.17, 15) is 19.7 Å². The molecular formula is C19H22N2O8S. The second-order valence-corrected chi connectivity index (χ2v) is 7.28. The van der Waals surface area contributed by atoms with Crippen LogP contribution in [0.15, 0.2) is 12.1 Å². The van der Waals surface area contributed by atoms with Crippen molar-refractivity contribution in [1.82, 2.24) is 0 Å². The second-order valence-electron chi connectivity index (χ2n) is 6.05. The Bertz CT molecular complexity index is 970. The van der Waals surface area contributed by atoms with E-state index < -0.39 is 22.5 Å². The standard InChI is InChI=1S/C19H22N2O8S/c1-10-11(2)30-18(16(10)19(23)28-5)20-17(22)12-8-14(27-4)15(29-7-6-26-3)9-13(12)21(24)25/h8-9H,6-7H2,1-5H3,(H,20,22). The molecule has 0 radical (unpaired) electrons. The molecule has 162 valence electrons. The van der Waals surface area contributed by atoms with Crippen molar-refractivity contribution in [3.05, 3.63) is 43.8 Å². The molecule has 1 amide bonds. The Morgan fingerprint density at radius 3 is 2.40 bits per heavy atom. The number of carbonyl (C=O) groups excluding carboxylic acids is 2. The van der Waals surface area contributed by atoms with Crippen molar-refractivity contribution in [3.63, 3.8) is 0 Å². The van der Waals surface area contributed by atoms with Crippen LogP contribution in [0.5, 0.6) is 11.5 Å². The lowest BCUT2D eigenvalue weighted by Gasteiger charge is -2.13. The van der Waals surface area contributed by atoms with E-state index in [2.05, 4.69) is 5.32 Å². The van der Waals surface area contributed by atoms with E-state index >= 15 is 0 Å². The van der Waals surface area contributed by atoms with Crippen LogP contribution in [-0.2, 0) is 9.47 Å².